The summed E-state index contributed by atoms with van der Waals surface area (Å²) in [6.07, 6.45) is 3.17. The quantitative estimate of drug-likeness (QED) is 0.871. The van der Waals surface area contributed by atoms with Crippen molar-refractivity contribution in [1.82, 2.24) is 9.78 Å². The summed E-state index contributed by atoms with van der Waals surface area (Å²) >= 11 is 6.15. The molecule has 0 amide bonds. The smallest absolute Gasteiger partial charge is 0.0832 e. The molecule has 2 aromatic rings. The highest BCUT2D eigenvalue weighted by molar-refractivity contribution is 6.32. The molecule has 1 N–H and O–H groups in total. The van der Waals surface area contributed by atoms with Crippen LogP contribution in [0.2, 0.25) is 5.02 Å². The normalized spacial score (nSPS) is 12.8. The van der Waals surface area contributed by atoms with E-state index in [1.807, 2.05) is 25.3 Å². The van der Waals surface area contributed by atoms with Gasteiger partial charge in [0, 0.05) is 6.20 Å². The van der Waals surface area contributed by atoms with Crippen LogP contribution in [0.5, 0.6) is 0 Å². The highest BCUT2D eigenvalue weighted by atomic mass is 35.5. The molecule has 4 heteroatoms. The molecule has 0 aliphatic carbocycles. The van der Waals surface area contributed by atoms with Crippen LogP contribution in [-0.4, -0.2) is 14.9 Å². The van der Waals surface area contributed by atoms with Crippen LogP contribution < -0.4 is 0 Å². The van der Waals surface area contributed by atoms with Crippen molar-refractivity contribution in [3.63, 3.8) is 0 Å². The lowest BCUT2D eigenvalue weighted by atomic mass is 10.1. The number of aromatic nitrogens is 2. The van der Waals surface area contributed by atoms with Crippen molar-refractivity contribution in [1.29, 1.82) is 0 Å². The van der Waals surface area contributed by atoms with Gasteiger partial charge in [0.15, 0.2) is 0 Å². The number of aliphatic hydroxyl groups excluding tert-OH is 1. The van der Waals surface area contributed by atoms with E-state index in [-0.39, 0.29) is 0 Å². The van der Waals surface area contributed by atoms with Crippen LogP contribution in [0.15, 0.2) is 30.6 Å². The van der Waals surface area contributed by atoms with Crippen molar-refractivity contribution >= 4 is 11.6 Å². The maximum atomic E-state index is 9.43. The minimum atomic E-state index is -0.508. The lowest BCUT2D eigenvalue weighted by Gasteiger charge is -2.08. The fraction of sp³-hybridized carbons (Fsp3) is 0.250. The van der Waals surface area contributed by atoms with E-state index in [1.54, 1.807) is 23.9 Å². The molecule has 1 atom stereocenters. The monoisotopic (exact) mass is 236 g/mol. The van der Waals surface area contributed by atoms with Crippen LogP contribution >= 0.6 is 11.6 Å². The molecule has 16 heavy (non-hydrogen) atoms. The molecule has 2 rings (SSSR count). The summed E-state index contributed by atoms with van der Waals surface area (Å²) in [7, 11) is 0. The lowest BCUT2D eigenvalue weighted by molar-refractivity contribution is 0.199. The first-order valence-electron chi connectivity index (χ1n) is 5.07. The number of hydrogen-bond donors (Lipinski definition) is 1. The molecule has 0 saturated heterocycles. The van der Waals surface area contributed by atoms with E-state index < -0.39 is 6.10 Å². The predicted molar refractivity (Wildman–Crippen MR) is 63.9 cm³/mol. The maximum absolute atomic E-state index is 9.43. The highest BCUT2D eigenvalue weighted by Crippen LogP contribution is 2.24. The Kier molecular flexibility index (Phi) is 2.99. The average Bonchev–Trinajstić information content (AvgIpc) is 2.64. The van der Waals surface area contributed by atoms with E-state index in [2.05, 4.69) is 5.10 Å². The Balaban J connectivity index is 2.44. The number of nitrogens with zero attached hydrogens (tertiary/aromatic N) is 2. The van der Waals surface area contributed by atoms with E-state index in [0.29, 0.717) is 5.02 Å². The summed E-state index contributed by atoms with van der Waals surface area (Å²) < 4.78 is 1.73. The Labute approximate surface area is 99.3 Å². The lowest BCUT2D eigenvalue weighted by Crippen LogP contribution is -1.97. The molecule has 1 aromatic heterocycles. The zero-order chi connectivity index (χ0) is 11.7. The number of aryl methyl sites for hydroxylation is 1. The van der Waals surface area contributed by atoms with Crippen LogP contribution in [0.4, 0.5) is 0 Å². The van der Waals surface area contributed by atoms with Gasteiger partial charge in [0.05, 0.1) is 23.0 Å². The first-order chi connectivity index (χ1) is 7.58. The molecule has 0 radical (unpaired) electrons. The third-order valence-electron chi connectivity index (χ3n) is 2.41. The highest BCUT2D eigenvalue weighted by Gasteiger charge is 2.07. The molecule has 1 heterocycles. The molecule has 0 unspecified atom stereocenters. The Hall–Kier alpha value is -1.32. The summed E-state index contributed by atoms with van der Waals surface area (Å²) in [4.78, 5) is 0. The molecule has 0 saturated carbocycles. The minimum absolute atomic E-state index is 0.508. The van der Waals surface area contributed by atoms with Gasteiger partial charge in [-0.25, -0.2) is 4.68 Å². The molecule has 0 bridgehead atoms. The van der Waals surface area contributed by atoms with Gasteiger partial charge >= 0.3 is 0 Å². The minimum Gasteiger partial charge on any atom is -0.389 e. The summed E-state index contributed by atoms with van der Waals surface area (Å²) in [5.74, 6) is 0. The third kappa shape index (κ3) is 2.10. The van der Waals surface area contributed by atoms with Crippen molar-refractivity contribution in [2.75, 3.05) is 0 Å². The number of aliphatic hydroxyl groups is 1. The Bertz CT molecular complexity index is 505. The van der Waals surface area contributed by atoms with E-state index in [0.717, 1.165) is 16.8 Å². The number of rotatable bonds is 2. The van der Waals surface area contributed by atoms with Crippen molar-refractivity contribution in [3.8, 4) is 5.69 Å². The first kappa shape index (κ1) is 11.2. The Morgan fingerprint density at radius 1 is 1.44 bits per heavy atom. The van der Waals surface area contributed by atoms with Crippen molar-refractivity contribution in [2.45, 2.75) is 20.0 Å². The van der Waals surface area contributed by atoms with Crippen LogP contribution in [0.25, 0.3) is 5.69 Å². The van der Waals surface area contributed by atoms with E-state index in [4.69, 9.17) is 11.6 Å². The van der Waals surface area contributed by atoms with Gasteiger partial charge in [-0.1, -0.05) is 17.7 Å². The van der Waals surface area contributed by atoms with Gasteiger partial charge in [0.25, 0.3) is 0 Å². The number of hydrogen-bond acceptors (Lipinski definition) is 2. The van der Waals surface area contributed by atoms with Crippen molar-refractivity contribution < 1.29 is 5.11 Å². The van der Waals surface area contributed by atoms with E-state index >= 15 is 0 Å². The molecular formula is C12H13ClN2O. The second kappa shape index (κ2) is 4.28. The molecule has 3 nitrogen and oxygen atoms in total. The summed E-state index contributed by atoms with van der Waals surface area (Å²) in [6, 6.07) is 5.47. The van der Waals surface area contributed by atoms with E-state index in [9.17, 15) is 5.11 Å². The zero-order valence-electron chi connectivity index (χ0n) is 9.18. The summed E-state index contributed by atoms with van der Waals surface area (Å²) in [5.41, 5.74) is 2.70. The maximum Gasteiger partial charge on any atom is 0.0832 e. The topological polar surface area (TPSA) is 38.0 Å². The van der Waals surface area contributed by atoms with Gasteiger partial charge in [-0.05, 0) is 37.1 Å². The molecular weight excluding hydrogens is 224 g/mol. The SMILES string of the molecule is Cc1cnn(-c2ccc([C@H](C)O)cc2Cl)c1. The number of halogens is 1. The van der Waals surface area contributed by atoms with Gasteiger partial charge in [0.2, 0.25) is 0 Å². The fourth-order valence-corrected chi connectivity index (χ4v) is 1.79. The molecule has 84 valence electrons. The first-order valence-corrected chi connectivity index (χ1v) is 5.45. The van der Waals surface area contributed by atoms with Crippen molar-refractivity contribution in [3.05, 3.63) is 46.7 Å². The molecule has 0 fully saturated rings. The van der Waals surface area contributed by atoms with Crippen LogP contribution in [0.1, 0.15) is 24.2 Å². The van der Waals surface area contributed by atoms with Gasteiger partial charge in [-0.3, -0.25) is 0 Å². The summed E-state index contributed by atoms with van der Waals surface area (Å²) in [6.45, 7) is 3.69. The standard InChI is InChI=1S/C12H13ClN2O/c1-8-6-14-15(7-8)12-4-3-10(9(2)16)5-11(12)13/h3-7,9,16H,1-2H3/t9-/m0/s1. The molecule has 1 aromatic carbocycles. The molecule has 0 aliphatic rings. The van der Waals surface area contributed by atoms with E-state index in [1.165, 1.54) is 0 Å². The second-order valence-corrected chi connectivity index (χ2v) is 4.26. The average molecular weight is 237 g/mol. The third-order valence-corrected chi connectivity index (χ3v) is 2.72. The fourth-order valence-electron chi connectivity index (χ4n) is 1.51. The van der Waals surface area contributed by atoms with Crippen LogP contribution in [-0.2, 0) is 0 Å². The summed E-state index contributed by atoms with van der Waals surface area (Å²) in [5, 5.41) is 14.2. The van der Waals surface area contributed by atoms with Crippen molar-refractivity contribution in [2.24, 2.45) is 0 Å². The molecule has 0 aliphatic heterocycles. The van der Waals surface area contributed by atoms with Gasteiger partial charge in [-0.2, -0.15) is 5.10 Å². The second-order valence-electron chi connectivity index (χ2n) is 3.85. The number of benzene rings is 1. The van der Waals surface area contributed by atoms with Crippen LogP contribution in [0.3, 0.4) is 0 Å². The predicted octanol–water partition coefficient (Wildman–Crippen LogP) is 2.89. The van der Waals surface area contributed by atoms with Gasteiger partial charge in [-0.15, -0.1) is 0 Å². The van der Waals surface area contributed by atoms with Gasteiger partial charge in [0.1, 0.15) is 0 Å². The zero-order valence-corrected chi connectivity index (χ0v) is 9.94. The Morgan fingerprint density at radius 2 is 2.19 bits per heavy atom. The largest absolute Gasteiger partial charge is 0.389 e. The molecule has 0 spiro atoms. The van der Waals surface area contributed by atoms with Crippen LogP contribution in [0, 0.1) is 6.92 Å². The van der Waals surface area contributed by atoms with Gasteiger partial charge < -0.3 is 5.11 Å². The Morgan fingerprint density at radius 3 is 2.69 bits per heavy atom.